The zero-order valence-electron chi connectivity index (χ0n) is 8.29. The fourth-order valence-electron chi connectivity index (χ4n) is 1.16. The van der Waals surface area contributed by atoms with E-state index in [-0.39, 0.29) is 0 Å². The minimum absolute atomic E-state index is 0.510. The molecule has 0 bridgehead atoms. The van der Waals surface area contributed by atoms with E-state index in [1.165, 1.54) is 10.5 Å². The molecule has 4 heteroatoms. The summed E-state index contributed by atoms with van der Waals surface area (Å²) in [5.41, 5.74) is 7.77. The van der Waals surface area contributed by atoms with E-state index in [1.807, 2.05) is 24.0 Å². The fraction of sp³-hybridized carbons (Fsp3) is 0.500. The van der Waals surface area contributed by atoms with Crippen molar-refractivity contribution in [3.05, 3.63) is 23.5 Å². The average molecular weight is 231 g/mol. The van der Waals surface area contributed by atoms with Crippen molar-refractivity contribution in [2.24, 2.45) is 5.73 Å². The van der Waals surface area contributed by atoms with Gasteiger partial charge in [-0.05, 0) is 30.7 Å². The molecule has 1 rings (SSSR count). The van der Waals surface area contributed by atoms with Crippen molar-refractivity contribution < 1.29 is 0 Å². The molecule has 1 heterocycles. The topological polar surface area (TPSA) is 38.9 Å². The molecule has 14 heavy (non-hydrogen) atoms. The Labute approximate surface area is 94.2 Å². The monoisotopic (exact) mass is 230 g/mol. The zero-order chi connectivity index (χ0) is 10.4. The highest BCUT2D eigenvalue weighted by atomic mass is 35.5. The Morgan fingerprint density at radius 1 is 1.57 bits per heavy atom. The maximum atomic E-state index is 5.62. The SMILES string of the molecule is Cc1c(SCCCCl)ccnc1CN. The van der Waals surface area contributed by atoms with Crippen molar-refractivity contribution in [2.45, 2.75) is 24.8 Å². The van der Waals surface area contributed by atoms with Gasteiger partial charge < -0.3 is 5.73 Å². The van der Waals surface area contributed by atoms with Gasteiger partial charge in [-0.15, -0.1) is 23.4 Å². The molecule has 0 saturated heterocycles. The van der Waals surface area contributed by atoms with Gasteiger partial charge in [0.1, 0.15) is 0 Å². The summed E-state index contributed by atoms with van der Waals surface area (Å²) in [5.74, 6) is 1.78. The number of nitrogens with two attached hydrogens (primary N) is 1. The minimum Gasteiger partial charge on any atom is -0.325 e. The second-order valence-corrected chi connectivity index (χ2v) is 4.49. The number of alkyl halides is 1. The Morgan fingerprint density at radius 2 is 2.36 bits per heavy atom. The van der Waals surface area contributed by atoms with Crippen LogP contribution >= 0.6 is 23.4 Å². The van der Waals surface area contributed by atoms with Crippen molar-refractivity contribution in [1.29, 1.82) is 0 Å². The lowest BCUT2D eigenvalue weighted by Gasteiger charge is -2.07. The molecule has 1 aromatic heterocycles. The molecule has 0 aliphatic rings. The van der Waals surface area contributed by atoms with E-state index in [9.17, 15) is 0 Å². The molecule has 0 aliphatic carbocycles. The van der Waals surface area contributed by atoms with Crippen LogP contribution in [0.25, 0.3) is 0 Å². The average Bonchev–Trinajstić information content (AvgIpc) is 2.21. The lowest BCUT2D eigenvalue weighted by Crippen LogP contribution is -2.02. The van der Waals surface area contributed by atoms with E-state index < -0.39 is 0 Å². The van der Waals surface area contributed by atoms with Crippen LogP contribution < -0.4 is 5.73 Å². The first-order valence-electron chi connectivity index (χ1n) is 4.63. The quantitative estimate of drug-likeness (QED) is 0.480. The van der Waals surface area contributed by atoms with Crippen molar-refractivity contribution in [2.75, 3.05) is 11.6 Å². The third kappa shape index (κ3) is 3.15. The zero-order valence-corrected chi connectivity index (χ0v) is 9.87. The lowest BCUT2D eigenvalue weighted by atomic mass is 10.2. The van der Waals surface area contributed by atoms with E-state index in [2.05, 4.69) is 11.9 Å². The fourth-order valence-corrected chi connectivity index (χ4v) is 2.45. The first-order valence-corrected chi connectivity index (χ1v) is 6.15. The van der Waals surface area contributed by atoms with Crippen LogP contribution in [0.2, 0.25) is 0 Å². The molecular weight excluding hydrogens is 216 g/mol. The predicted octanol–water partition coefficient (Wildman–Crippen LogP) is 2.57. The minimum atomic E-state index is 0.510. The summed E-state index contributed by atoms with van der Waals surface area (Å²) in [4.78, 5) is 5.49. The number of aromatic nitrogens is 1. The van der Waals surface area contributed by atoms with Crippen LogP contribution in [-0.4, -0.2) is 16.6 Å². The van der Waals surface area contributed by atoms with Crippen LogP contribution in [0.4, 0.5) is 0 Å². The molecule has 0 fully saturated rings. The van der Waals surface area contributed by atoms with Gasteiger partial charge >= 0.3 is 0 Å². The summed E-state index contributed by atoms with van der Waals surface area (Å²) in [6, 6.07) is 2.04. The summed E-state index contributed by atoms with van der Waals surface area (Å²) in [5, 5.41) is 0. The lowest BCUT2D eigenvalue weighted by molar-refractivity contribution is 0.947. The van der Waals surface area contributed by atoms with Gasteiger partial charge in [-0.25, -0.2) is 0 Å². The normalized spacial score (nSPS) is 10.5. The van der Waals surface area contributed by atoms with Gasteiger partial charge in [0.2, 0.25) is 0 Å². The molecule has 0 radical (unpaired) electrons. The molecule has 0 spiro atoms. The van der Waals surface area contributed by atoms with Crippen LogP contribution in [0.5, 0.6) is 0 Å². The third-order valence-electron chi connectivity index (χ3n) is 1.99. The van der Waals surface area contributed by atoms with Gasteiger partial charge in [-0.3, -0.25) is 4.98 Å². The molecule has 0 saturated carbocycles. The molecular formula is C10H15ClN2S. The number of hydrogen-bond donors (Lipinski definition) is 1. The Morgan fingerprint density at radius 3 is 3.00 bits per heavy atom. The van der Waals surface area contributed by atoms with Crippen LogP contribution in [0.1, 0.15) is 17.7 Å². The smallest absolute Gasteiger partial charge is 0.0579 e. The van der Waals surface area contributed by atoms with Crippen LogP contribution in [-0.2, 0) is 6.54 Å². The molecule has 0 amide bonds. The van der Waals surface area contributed by atoms with Gasteiger partial charge in [0.25, 0.3) is 0 Å². The largest absolute Gasteiger partial charge is 0.325 e. The summed E-state index contributed by atoms with van der Waals surface area (Å²) >= 11 is 7.44. The number of thioether (sulfide) groups is 1. The van der Waals surface area contributed by atoms with Gasteiger partial charge in [-0.1, -0.05) is 0 Å². The number of nitrogens with zero attached hydrogens (tertiary/aromatic N) is 1. The van der Waals surface area contributed by atoms with Gasteiger partial charge in [0.05, 0.1) is 5.69 Å². The first-order chi connectivity index (χ1) is 6.79. The van der Waals surface area contributed by atoms with E-state index in [0.29, 0.717) is 6.54 Å². The Balaban J connectivity index is 2.66. The highest BCUT2D eigenvalue weighted by Gasteiger charge is 2.03. The van der Waals surface area contributed by atoms with Crippen LogP contribution in [0.15, 0.2) is 17.2 Å². The van der Waals surface area contributed by atoms with Gasteiger partial charge in [0, 0.05) is 23.5 Å². The summed E-state index contributed by atoms with van der Waals surface area (Å²) in [7, 11) is 0. The van der Waals surface area contributed by atoms with Crippen molar-refractivity contribution in [1.82, 2.24) is 4.98 Å². The van der Waals surface area contributed by atoms with E-state index in [0.717, 1.165) is 23.7 Å². The molecule has 2 nitrogen and oxygen atoms in total. The number of rotatable bonds is 5. The highest BCUT2D eigenvalue weighted by molar-refractivity contribution is 7.99. The van der Waals surface area contributed by atoms with Crippen molar-refractivity contribution in [3.63, 3.8) is 0 Å². The molecule has 0 unspecified atom stereocenters. The molecule has 0 aromatic carbocycles. The highest BCUT2D eigenvalue weighted by Crippen LogP contribution is 2.23. The number of pyridine rings is 1. The second kappa shape index (κ2) is 6.27. The molecule has 0 atom stereocenters. The summed E-state index contributed by atoms with van der Waals surface area (Å²) in [6.07, 6.45) is 2.85. The van der Waals surface area contributed by atoms with Crippen molar-refractivity contribution in [3.8, 4) is 0 Å². The van der Waals surface area contributed by atoms with Crippen molar-refractivity contribution >= 4 is 23.4 Å². The van der Waals surface area contributed by atoms with E-state index >= 15 is 0 Å². The van der Waals surface area contributed by atoms with Crippen LogP contribution in [0, 0.1) is 6.92 Å². The maximum absolute atomic E-state index is 5.62. The summed E-state index contributed by atoms with van der Waals surface area (Å²) in [6.45, 7) is 2.58. The number of hydrogen-bond acceptors (Lipinski definition) is 3. The molecule has 1 aromatic rings. The second-order valence-electron chi connectivity index (χ2n) is 2.98. The Kier molecular flexibility index (Phi) is 5.30. The van der Waals surface area contributed by atoms with Gasteiger partial charge in [0.15, 0.2) is 0 Å². The predicted molar refractivity (Wildman–Crippen MR) is 62.9 cm³/mol. The van der Waals surface area contributed by atoms with Gasteiger partial charge in [-0.2, -0.15) is 0 Å². The molecule has 2 N–H and O–H groups in total. The standard InChI is InChI=1S/C10H15ClN2S/c1-8-9(7-12)13-5-3-10(8)14-6-2-4-11/h3,5H,2,4,6-7,12H2,1H3. The number of halogens is 1. The summed E-state index contributed by atoms with van der Waals surface area (Å²) < 4.78 is 0. The Hall–Kier alpha value is -0.250. The van der Waals surface area contributed by atoms with E-state index in [4.69, 9.17) is 17.3 Å². The Bertz CT molecular complexity index is 291. The van der Waals surface area contributed by atoms with Crippen LogP contribution in [0.3, 0.4) is 0 Å². The maximum Gasteiger partial charge on any atom is 0.0579 e. The third-order valence-corrected chi connectivity index (χ3v) is 3.50. The first kappa shape index (κ1) is 11.8. The molecule has 0 aliphatic heterocycles. The van der Waals surface area contributed by atoms with E-state index in [1.54, 1.807) is 0 Å². The molecule has 78 valence electrons.